The average molecular weight is 253 g/mol. The Labute approximate surface area is 108 Å². The fourth-order valence-electron chi connectivity index (χ4n) is 1.30. The van der Waals surface area contributed by atoms with Gasteiger partial charge in [-0.15, -0.1) is 0 Å². The first-order valence-corrected chi connectivity index (χ1v) is 6.08. The van der Waals surface area contributed by atoms with Crippen LogP contribution in [0, 0.1) is 0 Å². The molecule has 17 heavy (non-hydrogen) atoms. The molecule has 0 unspecified atom stereocenters. The molecule has 0 amide bonds. The molecule has 0 aromatic heterocycles. The van der Waals surface area contributed by atoms with E-state index in [0.29, 0.717) is 24.8 Å². The van der Waals surface area contributed by atoms with Crippen LogP contribution in [0.25, 0.3) is 0 Å². The van der Waals surface area contributed by atoms with Gasteiger partial charge in [-0.25, -0.2) is 0 Å². The molecule has 3 nitrogen and oxygen atoms in total. The average Bonchev–Trinajstić information content (AvgIpc) is 2.29. The molecule has 0 atom stereocenters. The van der Waals surface area contributed by atoms with E-state index in [9.17, 15) is 0 Å². The van der Waals surface area contributed by atoms with Crippen LogP contribution in [0.4, 0.5) is 0 Å². The number of hydrogen-bond donors (Lipinski definition) is 1. The van der Waals surface area contributed by atoms with Gasteiger partial charge in [-0.1, -0.05) is 36.5 Å². The molecule has 0 fully saturated rings. The highest BCUT2D eigenvalue weighted by molar-refractivity contribution is 7.80. The maximum absolute atomic E-state index is 5.52. The second-order valence-electron chi connectivity index (χ2n) is 4.03. The second-order valence-corrected chi connectivity index (χ2v) is 4.47. The predicted octanol–water partition coefficient (Wildman–Crippen LogP) is 2.26. The summed E-state index contributed by atoms with van der Waals surface area (Å²) in [5.74, 6) is 0. The first-order chi connectivity index (χ1) is 8.09. The van der Waals surface area contributed by atoms with E-state index >= 15 is 0 Å². The van der Waals surface area contributed by atoms with Crippen molar-refractivity contribution >= 4 is 17.2 Å². The maximum atomic E-state index is 5.52. The van der Waals surface area contributed by atoms with Gasteiger partial charge in [0.05, 0.1) is 25.9 Å². The van der Waals surface area contributed by atoms with Crippen molar-refractivity contribution in [1.82, 2.24) is 0 Å². The number of benzene rings is 1. The highest BCUT2D eigenvalue weighted by Crippen LogP contribution is 2.05. The van der Waals surface area contributed by atoms with Crippen LogP contribution in [0.3, 0.4) is 0 Å². The van der Waals surface area contributed by atoms with Crippen LogP contribution in [0.2, 0.25) is 0 Å². The molecule has 0 saturated carbocycles. The van der Waals surface area contributed by atoms with Crippen molar-refractivity contribution in [2.75, 3.05) is 13.2 Å². The van der Waals surface area contributed by atoms with Gasteiger partial charge in [-0.2, -0.15) is 0 Å². The Bertz CT molecular complexity index is 349. The zero-order chi connectivity index (χ0) is 12.7. The maximum Gasteiger partial charge on any atom is 0.103 e. The molecule has 0 saturated heterocycles. The second kappa shape index (κ2) is 7.37. The molecule has 4 heteroatoms. The van der Waals surface area contributed by atoms with Crippen molar-refractivity contribution in [2.24, 2.45) is 5.73 Å². The summed E-state index contributed by atoms with van der Waals surface area (Å²) in [6.45, 7) is 5.83. The van der Waals surface area contributed by atoms with Gasteiger partial charge in [-0.3, -0.25) is 0 Å². The topological polar surface area (TPSA) is 44.5 Å². The Hall–Kier alpha value is -0.970. The summed E-state index contributed by atoms with van der Waals surface area (Å²) < 4.78 is 10.9. The Balaban J connectivity index is 2.25. The van der Waals surface area contributed by atoms with E-state index in [1.807, 2.05) is 38.1 Å². The van der Waals surface area contributed by atoms with E-state index in [4.69, 9.17) is 27.4 Å². The fourth-order valence-corrected chi connectivity index (χ4v) is 1.43. The summed E-state index contributed by atoms with van der Waals surface area (Å²) in [5.41, 5.74) is 7.50. The highest BCUT2D eigenvalue weighted by Gasteiger charge is 1.98. The molecule has 2 N–H and O–H groups in total. The molecule has 0 aliphatic carbocycles. The smallest absolute Gasteiger partial charge is 0.103 e. The van der Waals surface area contributed by atoms with Crippen molar-refractivity contribution in [3.63, 3.8) is 0 Å². The van der Waals surface area contributed by atoms with Crippen LogP contribution in [0.5, 0.6) is 0 Å². The summed E-state index contributed by atoms with van der Waals surface area (Å²) in [7, 11) is 0. The SMILES string of the molecule is CC(C)OCCOCc1ccc(C(N)=S)cc1. The third-order valence-corrected chi connectivity index (χ3v) is 2.42. The molecule has 0 aliphatic heterocycles. The predicted molar refractivity (Wildman–Crippen MR) is 73.1 cm³/mol. The Morgan fingerprint density at radius 1 is 1.24 bits per heavy atom. The Kier molecular flexibility index (Phi) is 6.11. The molecule has 0 bridgehead atoms. The van der Waals surface area contributed by atoms with Crippen LogP contribution in [-0.4, -0.2) is 24.3 Å². The molecule has 1 aromatic carbocycles. The molecule has 1 aromatic rings. The van der Waals surface area contributed by atoms with Gasteiger partial charge in [0.15, 0.2) is 0 Å². The summed E-state index contributed by atoms with van der Waals surface area (Å²) in [5, 5.41) is 0. The molecular weight excluding hydrogens is 234 g/mol. The van der Waals surface area contributed by atoms with Crippen molar-refractivity contribution in [3.05, 3.63) is 35.4 Å². The Morgan fingerprint density at radius 3 is 2.41 bits per heavy atom. The van der Waals surface area contributed by atoms with Crippen molar-refractivity contribution in [2.45, 2.75) is 26.6 Å². The van der Waals surface area contributed by atoms with E-state index < -0.39 is 0 Å². The number of nitrogens with two attached hydrogens (primary N) is 1. The number of ether oxygens (including phenoxy) is 2. The largest absolute Gasteiger partial charge is 0.389 e. The molecule has 0 heterocycles. The zero-order valence-electron chi connectivity index (χ0n) is 10.3. The number of thiocarbonyl (C=S) groups is 1. The lowest BCUT2D eigenvalue weighted by atomic mass is 10.1. The summed E-state index contributed by atoms with van der Waals surface area (Å²) in [6.07, 6.45) is 0.253. The van der Waals surface area contributed by atoms with E-state index in [0.717, 1.165) is 11.1 Å². The molecular formula is C13H19NO2S. The quantitative estimate of drug-likeness (QED) is 0.598. The van der Waals surface area contributed by atoms with Crippen molar-refractivity contribution in [3.8, 4) is 0 Å². The zero-order valence-corrected chi connectivity index (χ0v) is 11.1. The molecule has 0 spiro atoms. The molecule has 1 rings (SSSR count). The fraction of sp³-hybridized carbons (Fsp3) is 0.462. The van der Waals surface area contributed by atoms with Gasteiger partial charge >= 0.3 is 0 Å². The van der Waals surface area contributed by atoms with Gasteiger partial charge in [0.25, 0.3) is 0 Å². The van der Waals surface area contributed by atoms with Crippen LogP contribution in [0.15, 0.2) is 24.3 Å². The summed E-state index contributed by atoms with van der Waals surface area (Å²) in [4.78, 5) is 0.419. The standard InChI is InChI=1S/C13H19NO2S/c1-10(2)16-8-7-15-9-11-3-5-12(6-4-11)13(14)17/h3-6,10H,7-9H2,1-2H3,(H2,14,17). The molecule has 94 valence electrons. The van der Waals surface area contributed by atoms with E-state index in [2.05, 4.69) is 0 Å². The number of rotatable bonds is 7. The van der Waals surface area contributed by atoms with Crippen LogP contribution < -0.4 is 5.73 Å². The minimum Gasteiger partial charge on any atom is -0.389 e. The van der Waals surface area contributed by atoms with Gasteiger partial charge in [0.2, 0.25) is 0 Å². The van der Waals surface area contributed by atoms with Crippen LogP contribution >= 0.6 is 12.2 Å². The summed E-state index contributed by atoms with van der Waals surface area (Å²) >= 11 is 4.88. The van der Waals surface area contributed by atoms with Gasteiger partial charge in [0, 0.05) is 5.56 Å². The minimum atomic E-state index is 0.253. The van der Waals surface area contributed by atoms with Crippen LogP contribution in [0.1, 0.15) is 25.0 Å². The third-order valence-electron chi connectivity index (χ3n) is 2.19. The van der Waals surface area contributed by atoms with E-state index in [1.165, 1.54) is 0 Å². The van der Waals surface area contributed by atoms with Gasteiger partial charge in [0.1, 0.15) is 4.99 Å². The van der Waals surface area contributed by atoms with Crippen molar-refractivity contribution < 1.29 is 9.47 Å². The van der Waals surface area contributed by atoms with Crippen LogP contribution in [-0.2, 0) is 16.1 Å². The summed E-state index contributed by atoms with van der Waals surface area (Å²) in [6, 6.07) is 7.76. The third kappa shape index (κ3) is 5.77. The molecule has 0 radical (unpaired) electrons. The number of hydrogen-bond acceptors (Lipinski definition) is 3. The normalized spacial score (nSPS) is 10.8. The van der Waals surface area contributed by atoms with E-state index in [-0.39, 0.29) is 6.10 Å². The van der Waals surface area contributed by atoms with Gasteiger partial charge < -0.3 is 15.2 Å². The van der Waals surface area contributed by atoms with E-state index in [1.54, 1.807) is 0 Å². The lowest BCUT2D eigenvalue weighted by Gasteiger charge is -2.08. The minimum absolute atomic E-state index is 0.253. The lowest BCUT2D eigenvalue weighted by molar-refractivity contribution is 0.0143. The van der Waals surface area contributed by atoms with Crippen molar-refractivity contribution in [1.29, 1.82) is 0 Å². The molecule has 0 aliphatic rings. The Morgan fingerprint density at radius 2 is 1.88 bits per heavy atom. The monoisotopic (exact) mass is 253 g/mol. The first kappa shape index (κ1) is 14.1. The first-order valence-electron chi connectivity index (χ1n) is 5.67. The van der Waals surface area contributed by atoms with Gasteiger partial charge in [-0.05, 0) is 19.4 Å². The lowest BCUT2D eigenvalue weighted by Crippen LogP contribution is -2.10. The highest BCUT2D eigenvalue weighted by atomic mass is 32.1.